The summed E-state index contributed by atoms with van der Waals surface area (Å²) >= 11 is 0. The van der Waals surface area contributed by atoms with Gasteiger partial charge >= 0.3 is 5.97 Å². The smallest absolute Gasteiger partial charge is 0.354 e. The summed E-state index contributed by atoms with van der Waals surface area (Å²) < 4.78 is 26.5. The molecule has 0 fully saturated rings. The molecule has 10 nitrogen and oxygen atoms in total. The summed E-state index contributed by atoms with van der Waals surface area (Å²) in [5.41, 5.74) is 4.96. The second kappa shape index (κ2) is 11.0. The second-order valence-corrected chi connectivity index (χ2v) is 9.13. The molecule has 0 bridgehead atoms. The summed E-state index contributed by atoms with van der Waals surface area (Å²) in [6.07, 6.45) is 1.80. The number of methoxy groups -OCH3 is 4. The van der Waals surface area contributed by atoms with Crippen LogP contribution in [0.1, 0.15) is 40.4 Å². The molecule has 5 rings (SSSR count). The van der Waals surface area contributed by atoms with Crippen molar-refractivity contribution in [1.29, 1.82) is 0 Å². The van der Waals surface area contributed by atoms with Crippen molar-refractivity contribution in [1.82, 2.24) is 9.97 Å². The molecule has 38 heavy (non-hydrogen) atoms. The maximum absolute atomic E-state index is 11.8. The third-order valence-corrected chi connectivity index (χ3v) is 6.41. The van der Waals surface area contributed by atoms with E-state index in [1.807, 2.05) is 19.9 Å². The molecular weight excluding hydrogens is 490 g/mol. The molecule has 0 amide bonds. The molecule has 0 spiro atoms. The van der Waals surface area contributed by atoms with Crippen molar-refractivity contribution >= 4 is 39.7 Å². The van der Waals surface area contributed by atoms with Crippen LogP contribution in [0.4, 0.5) is 5.69 Å². The fourth-order valence-corrected chi connectivity index (χ4v) is 4.71. The van der Waals surface area contributed by atoms with E-state index >= 15 is 0 Å². The van der Waals surface area contributed by atoms with Gasteiger partial charge in [-0.25, -0.2) is 4.79 Å². The number of aromatic nitrogens is 2. The van der Waals surface area contributed by atoms with Crippen LogP contribution in [-0.4, -0.2) is 70.4 Å². The molecule has 1 aliphatic heterocycles. The van der Waals surface area contributed by atoms with Crippen LogP contribution < -0.4 is 23.8 Å². The summed E-state index contributed by atoms with van der Waals surface area (Å²) in [5, 5.41) is 1.88. The second-order valence-electron chi connectivity index (χ2n) is 9.13. The highest BCUT2D eigenvalue weighted by Crippen LogP contribution is 2.43. The van der Waals surface area contributed by atoms with Gasteiger partial charge in [-0.1, -0.05) is 0 Å². The van der Waals surface area contributed by atoms with Crippen molar-refractivity contribution in [3.63, 3.8) is 0 Å². The van der Waals surface area contributed by atoms with Crippen LogP contribution in [0, 0.1) is 0 Å². The Morgan fingerprint density at radius 2 is 1.68 bits per heavy atom. The lowest BCUT2D eigenvalue weighted by Gasteiger charge is -2.16. The quantitative estimate of drug-likeness (QED) is 0.264. The molecule has 0 radical (unpaired) electrons. The van der Waals surface area contributed by atoms with E-state index in [1.165, 1.54) is 32.6 Å². The first-order valence-corrected chi connectivity index (χ1v) is 12.2. The van der Waals surface area contributed by atoms with E-state index in [-0.39, 0.29) is 12.1 Å². The first-order valence-electron chi connectivity index (χ1n) is 12.2. The number of hydrogen-bond acceptors (Lipinski definition) is 8. The Morgan fingerprint density at radius 3 is 2.29 bits per heavy atom. The Hall–Kier alpha value is -4.34. The van der Waals surface area contributed by atoms with E-state index in [2.05, 4.69) is 28.0 Å². The van der Waals surface area contributed by atoms with Gasteiger partial charge in [0.05, 0.1) is 51.3 Å². The maximum Gasteiger partial charge on any atom is 0.354 e. The minimum atomic E-state index is -0.359. The van der Waals surface area contributed by atoms with Crippen LogP contribution in [0.3, 0.4) is 0 Å². The fourth-order valence-electron chi connectivity index (χ4n) is 4.71. The molecule has 0 saturated heterocycles. The summed E-state index contributed by atoms with van der Waals surface area (Å²) in [5.74, 6) is 2.01. The summed E-state index contributed by atoms with van der Waals surface area (Å²) in [6.45, 7) is 4.97. The number of esters is 1. The first-order chi connectivity index (χ1) is 18.3. The molecular formula is C28H33N3O7. The Labute approximate surface area is 220 Å². The normalized spacial score (nSPS) is 12.3. The number of carbonyl (C=O) groups is 2. The first kappa shape index (κ1) is 26.7. The lowest BCUT2D eigenvalue weighted by molar-refractivity contribution is 0.0595. The van der Waals surface area contributed by atoms with Crippen molar-refractivity contribution in [2.45, 2.75) is 26.4 Å². The maximum atomic E-state index is 11.8. The number of hydrogen-bond donors (Lipinski definition) is 2. The number of carbonyl (C=O) groups excluding carboxylic acids is 2. The number of nitrogens with zero attached hydrogens (tertiary/aromatic N) is 1. The summed E-state index contributed by atoms with van der Waals surface area (Å²) in [4.78, 5) is 30.9. The summed E-state index contributed by atoms with van der Waals surface area (Å²) in [7, 11) is 8.09. The Bertz CT molecular complexity index is 1490. The highest BCUT2D eigenvalue weighted by Gasteiger charge is 2.24. The standard InChI is InChI=1S/C16H20N2O3.C12H13NO4/c1-9(2)21-14-8-13-10(5-6-18(13)3)11-7-12(16(19)20-4)17-15(11)14;1-15-9-5-7-4-8(6-14)13-10(7)12(17-3)11(9)16-2/h7-9,17H,5-6H2,1-4H3;4-6,13H,1-3H3. The van der Waals surface area contributed by atoms with Gasteiger partial charge in [0.15, 0.2) is 17.8 Å². The third kappa shape index (κ3) is 4.81. The van der Waals surface area contributed by atoms with E-state index < -0.39 is 0 Å². The van der Waals surface area contributed by atoms with Crippen molar-refractivity contribution < 1.29 is 33.3 Å². The van der Waals surface area contributed by atoms with Gasteiger partial charge in [-0.3, -0.25) is 4.79 Å². The van der Waals surface area contributed by atoms with Gasteiger partial charge in [-0.2, -0.15) is 0 Å². The van der Waals surface area contributed by atoms with Crippen LogP contribution in [0.2, 0.25) is 0 Å². The molecule has 3 heterocycles. The van der Waals surface area contributed by atoms with Gasteiger partial charge in [-0.05, 0) is 44.0 Å². The summed E-state index contributed by atoms with van der Waals surface area (Å²) in [6, 6.07) is 7.45. The number of aromatic amines is 2. The molecule has 2 N–H and O–H groups in total. The average Bonchev–Trinajstić information content (AvgIpc) is 3.63. The zero-order valence-corrected chi connectivity index (χ0v) is 22.7. The molecule has 2 aromatic heterocycles. The molecule has 0 aliphatic carbocycles. The Balaban J connectivity index is 0.000000181. The highest BCUT2D eigenvalue weighted by atomic mass is 16.5. The zero-order chi connectivity index (χ0) is 27.6. The van der Waals surface area contributed by atoms with Crippen LogP contribution in [0.15, 0.2) is 24.3 Å². The highest BCUT2D eigenvalue weighted by molar-refractivity contribution is 6.01. The van der Waals surface area contributed by atoms with Gasteiger partial charge in [0.1, 0.15) is 11.4 Å². The topological polar surface area (TPSA) is 115 Å². The van der Waals surface area contributed by atoms with Crippen molar-refractivity contribution in [3.05, 3.63) is 41.2 Å². The molecule has 10 heteroatoms. The average molecular weight is 524 g/mol. The van der Waals surface area contributed by atoms with Crippen molar-refractivity contribution in [2.75, 3.05) is 46.9 Å². The molecule has 202 valence electrons. The number of nitrogens with one attached hydrogen (secondary N) is 2. The fraction of sp³-hybridized carbons (Fsp3) is 0.357. The molecule has 0 atom stereocenters. The third-order valence-electron chi connectivity index (χ3n) is 6.41. The van der Waals surface area contributed by atoms with Crippen molar-refractivity contribution in [2.24, 2.45) is 0 Å². The predicted molar refractivity (Wildman–Crippen MR) is 146 cm³/mol. The Morgan fingerprint density at radius 1 is 0.947 bits per heavy atom. The van der Waals surface area contributed by atoms with Gasteiger partial charge in [0.2, 0.25) is 5.75 Å². The lowest BCUT2D eigenvalue weighted by atomic mass is 10.1. The molecule has 0 saturated carbocycles. The SMILES string of the molecule is COC(=O)c1cc2c3c(cc(OC(C)C)c2[nH]1)N(C)CC3.COc1cc2cc(C=O)[nH]c2c(OC)c1OC. The molecule has 1 aliphatic rings. The van der Waals surface area contributed by atoms with Gasteiger partial charge in [0, 0.05) is 36.1 Å². The molecule has 4 aromatic rings. The van der Waals surface area contributed by atoms with Crippen LogP contribution in [-0.2, 0) is 11.2 Å². The minimum absolute atomic E-state index is 0.0721. The number of H-pyrrole nitrogens is 2. The van der Waals surface area contributed by atoms with Crippen LogP contribution >= 0.6 is 0 Å². The number of aldehydes is 1. The number of likely N-dealkylation sites (N-methyl/N-ethyl adjacent to an activating group) is 1. The van der Waals surface area contributed by atoms with Gasteiger partial charge in [0.25, 0.3) is 0 Å². The largest absolute Gasteiger partial charge is 0.493 e. The van der Waals surface area contributed by atoms with Crippen LogP contribution in [0.25, 0.3) is 21.8 Å². The lowest BCUT2D eigenvalue weighted by Crippen LogP contribution is -2.13. The number of fused-ring (bicyclic) bond motifs is 4. The van der Waals surface area contributed by atoms with E-state index in [4.69, 9.17) is 23.7 Å². The van der Waals surface area contributed by atoms with Gasteiger partial charge in [-0.15, -0.1) is 0 Å². The minimum Gasteiger partial charge on any atom is -0.493 e. The number of benzene rings is 2. The van der Waals surface area contributed by atoms with E-state index in [1.54, 1.807) is 19.2 Å². The molecule has 2 aromatic carbocycles. The van der Waals surface area contributed by atoms with E-state index in [0.29, 0.717) is 34.2 Å². The zero-order valence-electron chi connectivity index (χ0n) is 22.7. The van der Waals surface area contributed by atoms with E-state index in [9.17, 15) is 9.59 Å². The number of anilines is 1. The number of ether oxygens (including phenoxy) is 5. The van der Waals surface area contributed by atoms with E-state index in [0.717, 1.165) is 41.3 Å². The predicted octanol–water partition coefficient (Wildman–Crippen LogP) is 4.74. The monoisotopic (exact) mass is 523 g/mol. The Kier molecular flexibility index (Phi) is 7.70. The van der Waals surface area contributed by atoms with Crippen molar-refractivity contribution in [3.8, 4) is 23.0 Å². The van der Waals surface area contributed by atoms with Crippen LogP contribution in [0.5, 0.6) is 23.0 Å². The molecule has 0 unspecified atom stereocenters. The van der Waals surface area contributed by atoms with Gasteiger partial charge < -0.3 is 38.6 Å². The number of rotatable bonds is 7.